The van der Waals surface area contributed by atoms with Gasteiger partial charge in [0.15, 0.2) is 5.11 Å². The third kappa shape index (κ3) is 9.52. The number of thiocarbonyl (C=S) groups is 1. The summed E-state index contributed by atoms with van der Waals surface area (Å²) in [4.78, 5) is 29.4. The van der Waals surface area contributed by atoms with Crippen LogP contribution in [0.5, 0.6) is 0 Å². The fourth-order valence-corrected chi connectivity index (χ4v) is 2.44. The Balaban J connectivity index is 2.50. The Hall–Kier alpha value is -2.39. The number of ether oxygens (including phenoxy) is 1. The first kappa shape index (κ1) is 23.6. The molecule has 2 amide bonds. The minimum atomic E-state index is -0.766. The number of alkyl carbamates (subject to hydrolysis) is 1. The Labute approximate surface area is 171 Å². The van der Waals surface area contributed by atoms with Gasteiger partial charge in [-0.1, -0.05) is 18.2 Å². The van der Waals surface area contributed by atoms with E-state index in [9.17, 15) is 9.59 Å². The predicted molar refractivity (Wildman–Crippen MR) is 113 cm³/mol. The van der Waals surface area contributed by atoms with Gasteiger partial charge in [-0.3, -0.25) is 9.63 Å². The maximum absolute atomic E-state index is 12.4. The molecule has 1 rings (SSSR count). The van der Waals surface area contributed by atoms with Gasteiger partial charge in [0, 0.05) is 19.3 Å². The molecule has 1 aromatic carbocycles. The van der Waals surface area contributed by atoms with Gasteiger partial charge in [-0.05, 0) is 58.0 Å². The van der Waals surface area contributed by atoms with Crippen molar-refractivity contribution in [2.45, 2.75) is 45.3 Å². The molecule has 0 aliphatic rings. The molecule has 0 saturated heterocycles. The monoisotopic (exact) mass is 410 g/mol. The molecular formula is C19H30N4O4S. The maximum atomic E-state index is 12.4. The summed E-state index contributed by atoms with van der Waals surface area (Å²) in [6.07, 6.45) is 0.345. The molecule has 0 saturated carbocycles. The average molecular weight is 411 g/mol. The molecule has 1 atom stereocenters. The molecule has 0 fully saturated rings. The van der Waals surface area contributed by atoms with Crippen molar-refractivity contribution in [3.63, 3.8) is 0 Å². The van der Waals surface area contributed by atoms with Gasteiger partial charge in [-0.15, -0.1) is 0 Å². The summed E-state index contributed by atoms with van der Waals surface area (Å²) in [5.74, 6) is -0.363. The number of nitrogens with zero attached hydrogens (tertiary/aromatic N) is 1. The second-order valence-electron chi connectivity index (χ2n) is 7.11. The van der Waals surface area contributed by atoms with Crippen molar-refractivity contribution >= 4 is 35.0 Å². The van der Waals surface area contributed by atoms with Gasteiger partial charge in [0.05, 0.1) is 7.11 Å². The second kappa shape index (κ2) is 11.5. The number of carbonyl (C=O) groups excluding carboxylic acids is 2. The summed E-state index contributed by atoms with van der Waals surface area (Å²) in [6, 6.07) is 8.80. The SMILES string of the molecule is CON(C)C(=O)[C@H](CCCNC(=S)Nc1ccccc1)NC(=O)OC(C)(C)C. The van der Waals surface area contributed by atoms with Crippen LogP contribution in [-0.4, -0.2) is 54.5 Å². The van der Waals surface area contributed by atoms with Crippen LogP contribution in [-0.2, 0) is 14.4 Å². The highest BCUT2D eigenvalue weighted by Gasteiger charge is 2.26. The molecule has 3 N–H and O–H groups in total. The van der Waals surface area contributed by atoms with Crippen LogP contribution in [0, 0.1) is 0 Å². The molecule has 0 spiro atoms. The highest BCUT2D eigenvalue weighted by molar-refractivity contribution is 7.80. The summed E-state index contributed by atoms with van der Waals surface area (Å²) in [5, 5.41) is 10.3. The largest absolute Gasteiger partial charge is 0.444 e. The average Bonchev–Trinajstić information content (AvgIpc) is 2.62. The van der Waals surface area contributed by atoms with Gasteiger partial charge in [-0.2, -0.15) is 0 Å². The number of amides is 2. The van der Waals surface area contributed by atoms with Crippen LogP contribution in [0.15, 0.2) is 30.3 Å². The molecular weight excluding hydrogens is 380 g/mol. The minimum Gasteiger partial charge on any atom is -0.444 e. The van der Waals surface area contributed by atoms with E-state index < -0.39 is 17.7 Å². The van der Waals surface area contributed by atoms with Crippen LogP contribution in [0.4, 0.5) is 10.5 Å². The van der Waals surface area contributed by atoms with E-state index in [1.807, 2.05) is 30.3 Å². The number of para-hydroxylation sites is 1. The van der Waals surface area contributed by atoms with Crippen LogP contribution >= 0.6 is 12.2 Å². The minimum absolute atomic E-state index is 0.363. The summed E-state index contributed by atoms with van der Waals surface area (Å²) in [7, 11) is 2.88. The highest BCUT2D eigenvalue weighted by Crippen LogP contribution is 2.09. The first-order valence-corrected chi connectivity index (χ1v) is 9.44. The number of likely N-dealkylation sites (N-methyl/N-ethyl adjacent to an activating group) is 1. The van der Waals surface area contributed by atoms with Crippen LogP contribution in [0.2, 0.25) is 0 Å². The number of hydrogen-bond acceptors (Lipinski definition) is 5. The fraction of sp³-hybridized carbons (Fsp3) is 0.526. The van der Waals surface area contributed by atoms with Gasteiger partial charge < -0.3 is 20.7 Å². The smallest absolute Gasteiger partial charge is 0.408 e. The first-order valence-electron chi connectivity index (χ1n) is 9.03. The van der Waals surface area contributed by atoms with E-state index in [1.54, 1.807) is 20.8 Å². The molecule has 28 heavy (non-hydrogen) atoms. The Morgan fingerprint density at radius 1 is 1.21 bits per heavy atom. The molecule has 0 bridgehead atoms. The standard InChI is InChI=1S/C19H30N4O4S/c1-19(2,3)27-18(25)22-15(16(24)23(4)26-5)12-9-13-20-17(28)21-14-10-7-6-8-11-14/h6-8,10-11,15H,9,12-13H2,1-5H3,(H,22,25)(H2,20,21,28)/t15-/m0/s1. The molecule has 0 aromatic heterocycles. The fourth-order valence-electron chi connectivity index (χ4n) is 2.22. The normalized spacial score (nSPS) is 11.9. The number of carbonyl (C=O) groups is 2. The van der Waals surface area contributed by atoms with Crippen LogP contribution in [0.1, 0.15) is 33.6 Å². The number of hydrogen-bond donors (Lipinski definition) is 3. The van der Waals surface area contributed by atoms with Crippen LogP contribution in [0.3, 0.4) is 0 Å². The molecule has 0 heterocycles. The Morgan fingerprint density at radius 2 is 1.86 bits per heavy atom. The van der Waals surface area contributed by atoms with Crippen molar-refractivity contribution in [2.24, 2.45) is 0 Å². The van der Waals surface area contributed by atoms with Crippen molar-refractivity contribution in [2.75, 3.05) is 26.0 Å². The summed E-state index contributed by atoms with van der Waals surface area (Å²) < 4.78 is 5.23. The van der Waals surface area contributed by atoms with Gasteiger partial charge in [0.2, 0.25) is 0 Å². The Morgan fingerprint density at radius 3 is 2.43 bits per heavy atom. The number of hydroxylamine groups is 2. The number of nitrogens with one attached hydrogen (secondary N) is 3. The van der Waals surface area contributed by atoms with Crippen LogP contribution in [0.25, 0.3) is 0 Å². The van der Waals surface area contributed by atoms with E-state index in [2.05, 4.69) is 16.0 Å². The molecule has 0 aliphatic heterocycles. The number of benzene rings is 1. The molecule has 0 radical (unpaired) electrons. The molecule has 8 nitrogen and oxygen atoms in total. The molecule has 1 aromatic rings. The molecule has 0 unspecified atom stereocenters. The summed E-state index contributed by atoms with van der Waals surface area (Å²) in [6.45, 7) is 5.81. The lowest BCUT2D eigenvalue weighted by Gasteiger charge is -2.25. The van der Waals surface area contributed by atoms with E-state index in [1.165, 1.54) is 14.2 Å². The zero-order chi connectivity index (χ0) is 21.2. The third-order valence-corrected chi connectivity index (χ3v) is 3.81. The second-order valence-corrected chi connectivity index (χ2v) is 7.51. The lowest BCUT2D eigenvalue weighted by molar-refractivity contribution is -0.171. The lowest BCUT2D eigenvalue weighted by Crippen LogP contribution is -2.48. The quantitative estimate of drug-likeness (QED) is 0.345. The molecule has 9 heteroatoms. The number of rotatable bonds is 8. The van der Waals surface area contributed by atoms with E-state index in [0.29, 0.717) is 24.5 Å². The zero-order valence-electron chi connectivity index (χ0n) is 17.1. The van der Waals surface area contributed by atoms with Gasteiger partial charge in [0.1, 0.15) is 11.6 Å². The van der Waals surface area contributed by atoms with Gasteiger partial charge >= 0.3 is 6.09 Å². The van der Waals surface area contributed by atoms with E-state index in [-0.39, 0.29) is 5.91 Å². The third-order valence-electron chi connectivity index (χ3n) is 3.56. The van der Waals surface area contributed by atoms with Gasteiger partial charge in [-0.25, -0.2) is 9.86 Å². The maximum Gasteiger partial charge on any atom is 0.408 e. The van der Waals surface area contributed by atoms with E-state index >= 15 is 0 Å². The van der Waals surface area contributed by atoms with Crippen molar-refractivity contribution in [1.82, 2.24) is 15.7 Å². The topological polar surface area (TPSA) is 91.9 Å². The van der Waals surface area contributed by atoms with Crippen molar-refractivity contribution < 1.29 is 19.2 Å². The Kier molecular flexibility index (Phi) is 9.67. The van der Waals surface area contributed by atoms with Gasteiger partial charge in [0.25, 0.3) is 5.91 Å². The molecule has 0 aliphatic carbocycles. The van der Waals surface area contributed by atoms with E-state index in [0.717, 1.165) is 10.8 Å². The molecule has 156 valence electrons. The predicted octanol–water partition coefficient (Wildman–Crippen LogP) is 2.67. The summed E-state index contributed by atoms with van der Waals surface area (Å²) in [5.41, 5.74) is 0.239. The van der Waals surface area contributed by atoms with Crippen molar-refractivity contribution in [1.29, 1.82) is 0 Å². The summed E-state index contributed by atoms with van der Waals surface area (Å²) >= 11 is 5.25. The lowest BCUT2D eigenvalue weighted by atomic mass is 10.1. The Bertz CT molecular complexity index is 649. The first-order chi connectivity index (χ1) is 13.1. The van der Waals surface area contributed by atoms with Crippen molar-refractivity contribution in [3.8, 4) is 0 Å². The van der Waals surface area contributed by atoms with E-state index in [4.69, 9.17) is 21.8 Å². The van der Waals surface area contributed by atoms with Crippen molar-refractivity contribution in [3.05, 3.63) is 30.3 Å². The zero-order valence-corrected chi connectivity index (χ0v) is 17.9. The number of anilines is 1. The van der Waals surface area contributed by atoms with Crippen LogP contribution < -0.4 is 16.0 Å². The highest BCUT2D eigenvalue weighted by atomic mass is 32.1.